The van der Waals surface area contributed by atoms with Gasteiger partial charge in [-0.2, -0.15) is 22.0 Å². The molecule has 8 heteroatoms. The summed E-state index contributed by atoms with van der Waals surface area (Å²) in [4.78, 5) is 0. The third-order valence-corrected chi connectivity index (χ3v) is 3.56. The fraction of sp³-hybridized carbons (Fsp3) is 0.250. The van der Waals surface area contributed by atoms with Crippen molar-refractivity contribution in [2.24, 2.45) is 0 Å². The Morgan fingerprint density at radius 1 is 0.875 bits per heavy atom. The second kappa shape index (κ2) is 6.01. The van der Waals surface area contributed by atoms with E-state index in [1.54, 1.807) is 0 Å². The molecule has 2 nitrogen and oxygen atoms in total. The molecule has 24 heavy (non-hydrogen) atoms. The molecule has 0 aliphatic heterocycles. The Morgan fingerprint density at radius 3 is 1.92 bits per heavy atom. The molecule has 1 atom stereocenters. The monoisotopic (exact) mass is 350 g/mol. The molecule has 0 bridgehead atoms. The van der Waals surface area contributed by atoms with Crippen LogP contribution in [0.15, 0.2) is 48.5 Å². The molecular formula is C16H12F6O2. The molecule has 1 N–H and O–H groups in total. The van der Waals surface area contributed by atoms with E-state index in [9.17, 15) is 31.4 Å². The van der Waals surface area contributed by atoms with Gasteiger partial charge in [-0.25, -0.2) is 4.39 Å². The molecule has 0 saturated carbocycles. The lowest BCUT2D eigenvalue weighted by molar-refractivity contribution is -0.336. The molecule has 2 rings (SSSR count). The van der Waals surface area contributed by atoms with Crippen LogP contribution in [0.25, 0.3) is 0 Å². The van der Waals surface area contributed by atoms with Crippen LogP contribution in [-0.2, 0) is 5.60 Å². The van der Waals surface area contributed by atoms with E-state index in [1.165, 1.54) is 7.11 Å². The van der Waals surface area contributed by atoms with Crippen LogP contribution in [-0.4, -0.2) is 24.3 Å². The number of benzene rings is 2. The minimum absolute atomic E-state index is 0.190. The minimum atomic E-state index is -6.06. The fourth-order valence-corrected chi connectivity index (χ4v) is 2.28. The van der Waals surface area contributed by atoms with E-state index in [1.807, 2.05) is 0 Å². The van der Waals surface area contributed by atoms with Crippen molar-refractivity contribution in [1.82, 2.24) is 0 Å². The van der Waals surface area contributed by atoms with Crippen LogP contribution in [0.3, 0.4) is 0 Å². The fourth-order valence-electron chi connectivity index (χ4n) is 2.28. The van der Waals surface area contributed by atoms with Crippen molar-refractivity contribution in [1.29, 1.82) is 0 Å². The summed E-state index contributed by atoms with van der Waals surface area (Å²) in [5.74, 6) is -6.43. The first-order valence-corrected chi connectivity index (χ1v) is 6.61. The zero-order valence-corrected chi connectivity index (χ0v) is 12.2. The van der Waals surface area contributed by atoms with Crippen molar-refractivity contribution in [3.63, 3.8) is 0 Å². The number of ether oxygens (including phenoxy) is 1. The number of methoxy groups -OCH3 is 1. The van der Waals surface area contributed by atoms with Crippen molar-refractivity contribution in [2.45, 2.75) is 17.7 Å². The first-order chi connectivity index (χ1) is 11.0. The Balaban J connectivity index is 2.74. The molecule has 0 aromatic heterocycles. The van der Waals surface area contributed by atoms with Crippen LogP contribution < -0.4 is 4.74 Å². The zero-order chi connectivity index (χ0) is 18.2. The van der Waals surface area contributed by atoms with Gasteiger partial charge in [0.05, 0.1) is 7.11 Å². The number of rotatable bonds is 4. The van der Waals surface area contributed by atoms with Gasteiger partial charge in [0.1, 0.15) is 11.6 Å². The molecular weight excluding hydrogens is 338 g/mol. The Bertz CT molecular complexity index is 711. The van der Waals surface area contributed by atoms with Crippen LogP contribution in [0.1, 0.15) is 11.1 Å². The van der Waals surface area contributed by atoms with Gasteiger partial charge in [0.2, 0.25) is 0 Å². The Labute approximate surface area is 133 Å². The van der Waals surface area contributed by atoms with Gasteiger partial charge in [-0.1, -0.05) is 24.3 Å². The van der Waals surface area contributed by atoms with E-state index in [2.05, 4.69) is 0 Å². The predicted octanol–water partition coefficient (Wildman–Crippen LogP) is 4.27. The molecule has 1 unspecified atom stereocenters. The first kappa shape index (κ1) is 18.1. The maximum Gasteiger partial charge on any atom is 0.457 e. The van der Waals surface area contributed by atoms with E-state index in [-0.39, 0.29) is 5.75 Å². The third-order valence-electron chi connectivity index (χ3n) is 3.56. The number of alkyl halides is 5. The predicted molar refractivity (Wildman–Crippen MR) is 73.4 cm³/mol. The van der Waals surface area contributed by atoms with Gasteiger partial charge in [-0.3, -0.25) is 0 Å². The maximum atomic E-state index is 14.1. The minimum Gasteiger partial charge on any atom is -0.497 e. The Morgan fingerprint density at radius 2 is 1.46 bits per heavy atom. The van der Waals surface area contributed by atoms with Gasteiger partial charge in [0.15, 0.2) is 5.60 Å². The third kappa shape index (κ3) is 2.82. The van der Waals surface area contributed by atoms with E-state index < -0.39 is 34.6 Å². The summed E-state index contributed by atoms with van der Waals surface area (Å²) in [6, 6.07) is 7.00. The molecule has 0 amide bonds. The molecule has 2 aromatic carbocycles. The van der Waals surface area contributed by atoms with Crippen molar-refractivity contribution in [2.75, 3.05) is 7.11 Å². The number of aliphatic hydroxyl groups is 1. The summed E-state index contributed by atoms with van der Waals surface area (Å²) in [6.45, 7) is 0. The van der Waals surface area contributed by atoms with E-state index in [0.29, 0.717) is 6.07 Å². The van der Waals surface area contributed by atoms with Crippen LogP contribution >= 0.6 is 0 Å². The highest BCUT2D eigenvalue weighted by Gasteiger charge is 2.71. The molecule has 0 heterocycles. The summed E-state index contributed by atoms with van der Waals surface area (Å²) in [6.07, 6.45) is -6.06. The van der Waals surface area contributed by atoms with Crippen molar-refractivity contribution < 1.29 is 36.2 Å². The molecule has 0 fully saturated rings. The molecule has 0 aliphatic carbocycles. The summed E-state index contributed by atoms with van der Waals surface area (Å²) in [7, 11) is 1.28. The van der Waals surface area contributed by atoms with Crippen LogP contribution in [0.5, 0.6) is 5.75 Å². The van der Waals surface area contributed by atoms with E-state index >= 15 is 0 Å². The Kier molecular flexibility index (Phi) is 4.54. The lowest BCUT2D eigenvalue weighted by Crippen LogP contribution is -2.55. The van der Waals surface area contributed by atoms with Crippen molar-refractivity contribution in [3.8, 4) is 5.75 Å². The summed E-state index contributed by atoms with van der Waals surface area (Å²) >= 11 is 0. The summed E-state index contributed by atoms with van der Waals surface area (Å²) in [5.41, 5.74) is -5.48. The molecule has 0 spiro atoms. The van der Waals surface area contributed by atoms with Crippen LogP contribution in [0, 0.1) is 5.82 Å². The highest BCUT2D eigenvalue weighted by Crippen LogP contribution is 2.51. The highest BCUT2D eigenvalue weighted by molar-refractivity contribution is 5.42. The zero-order valence-electron chi connectivity index (χ0n) is 12.2. The first-order valence-electron chi connectivity index (χ1n) is 6.61. The topological polar surface area (TPSA) is 29.5 Å². The van der Waals surface area contributed by atoms with Gasteiger partial charge in [-0.15, -0.1) is 0 Å². The molecule has 0 saturated heterocycles. The average Bonchev–Trinajstić information content (AvgIpc) is 2.53. The second-order valence-electron chi connectivity index (χ2n) is 5.02. The highest BCUT2D eigenvalue weighted by atomic mass is 19.4. The normalized spacial score (nSPS) is 15.0. The summed E-state index contributed by atoms with van der Waals surface area (Å²) < 4.78 is 85.2. The SMILES string of the molecule is COc1ccc(C(O)(c2cccc(F)c2)C(F)(F)C(F)(F)F)cc1. The molecule has 2 aromatic rings. The van der Waals surface area contributed by atoms with E-state index in [4.69, 9.17) is 4.74 Å². The molecule has 0 aliphatic rings. The lowest BCUT2D eigenvalue weighted by atomic mass is 9.80. The van der Waals surface area contributed by atoms with E-state index in [0.717, 1.165) is 42.5 Å². The standard InChI is InChI=1S/C16H12F6O2/c1-24-13-7-5-10(6-8-13)14(23,15(18,19)16(20,21)22)11-3-2-4-12(17)9-11/h2-9,23H,1H3. The number of hydrogen-bond donors (Lipinski definition) is 1. The second-order valence-corrected chi connectivity index (χ2v) is 5.02. The van der Waals surface area contributed by atoms with Gasteiger partial charge in [0, 0.05) is 0 Å². The van der Waals surface area contributed by atoms with Crippen LogP contribution in [0.4, 0.5) is 26.3 Å². The smallest absolute Gasteiger partial charge is 0.457 e. The van der Waals surface area contributed by atoms with Gasteiger partial charge < -0.3 is 9.84 Å². The average molecular weight is 350 g/mol. The van der Waals surface area contributed by atoms with Crippen molar-refractivity contribution in [3.05, 3.63) is 65.5 Å². The van der Waals surface area contributed by atoms with Gasteiger partial charge >= 0.3 is 12.1 Å². The van der Waals surface area contributed by atoms with Gasteiger partial charge in [0.25, 0.3) is 0 Å². The maximum absolute atomic E-state index is 14.1. The van der Waals surface area contributed by atoms with Crippen molar-refractivity contribution >= 4 is 0 Å². The summed E-state index contributed by atoms with van der Waals surface area (Å²) in [5, 5.41) is 10.4. The quantitative estimate of drug-likeness (QED) is 0.835. The number of halogens is 6. The number of hydrogen-bond acceptors (Lipinski definition) is 2. The molecule has 0 radical (unpaired) electrons. The van der Waals surface area contributed by atoms with Gasteiger partial charge in [-0.05, 0) is 35.4 Å². The Hall–Kier alpha value is -2.22. The van der Waals surface area contributed by atoms with Crippen LogP contribution in [0.2, 0.25) is 0 Å². The lowest BCUT2D eigenvalue weighted by Gasteiger charge is -2.37. The largest absolute Gasteiger partial charge is 0.497 e. The molecule has 130 valence electrons.